The van der Waals surface area contributed by atoms with Crippen LogP contribution in [0.3, 0.4) is 0 Å². The minimum Gasteiger partial charge on any atom is -0.383 e. The van der Waals surface area contributed by atoms with Gasteiger partial charge in [-0.3, -0.25) is 0 Å². The first kappa shape index (κ1) is 15.6. The van der Waals surface area contributed by atoms with E-state index in [1.807, 2.05) is 6.07 Å². The maximum Gasteiger partial charge on any atom is 0.126 e. The number of nitrogens with two attached hydrogens (primary N) is 1. The monoisotopic (exact) mass is 294 g/mol. The van der Waals surface area contributed by atoms with Crippen LogP contribution < -0.4 is 11.1 Å². The normalized spacial score (nSPS) is 21.8. The number of pyridine rings is 1. The smallest absolute Gasteiger partial charge is 0.126 e. The molecule has 4 nitrogen and oxygen atoms in total. The maximum absolute atomic E-state index is 6.00. The summed E-state index contributed by atoms with van der Waals surface area (Å²) in [5.41, 5.74) is 7.16. The number of likely N-dealkylation sites (N-methyl/N-ethyl adjacent to an activating group) is 1. The molecule has 1 saturated heterocycles. The average Bonchev–Trinajstić information content (AvgIpc) is 2.46. The number of rotatable bonds is 6. The zero-order valence-electron chi connectivity index (χ0n) is 12.5. The van der Waals surface area contributed by atoms with Gasteiger partial charge in [0.05, 0.1) is 0 Å². The highest BCUT2D eigenvalue weighted by molar-refractivity contribution is 7.99. The molecule has 1 aliphatic rings. The van der Waals surface area contributed by atoms with Crippen molar-refractivity contribution in [1.29, 1.82) is 0 Å². The van der Waals surface area contributed by atoms with Gasteiger partial charge >= 0.3 is 0 Å². The molecule has 1 fully saturated rings. The van der Waals surface area contributed by atoms with E-state index in [9.17, 15) is 0 Å². The van der Waals surface area contributed by atoms with Gasteiger partial charge in [0.15, 0.2) is 0 Å². The van der Waals surface area contributed by atoms with Crippen molar-refractivity contribution in [3.63, 3.8) is 0 Å². The van der Waals surface area contributed by atoms with E-state index in [2.05, 4.69) is 47.0 Å². The highest BCUT2D eigenvalue weighted by Gasteiger charge is 2.28. The summed E-state index contributed by atoms with van der Waals surface area (Å²) in [6.07, 6.45) is 3.87. The van der Waals surface area contributed by atoms with Crippen molar-refractivity contribution in [3.05, 3.63) is 23.9 Å². The fraction of sp³-hybridized carbons (Fsp3) is 0.667. The fourth-order valence-electron chi connectivity index (χ4n) is 2.66. The van der Waals surface area contributed by atoms with Crippen LogP contribution >= 0.6 is 11.8 Å². The first-order valence-electron chi connectivity index (χ1n) is 7.43. The van der Waals surface area contributed by atoms with E-state index in [1.165, 1.54) is 18.1 Å². The SMILES string of the molecule is CCCNC(Cc1cccnc1N)C1CSCCN1C. The highest BCUT2D eigenvalue weighted by atomic mass is 32.2. The van der Waals surface area contributed by atoms with Crippen LogP contribution in [-0.2, 0) is 6.42 Å². The molecule has 0 aliphatic carbocycles. The molecule has 1 aromatic rings. The summed E-state index contributed by atoms with van der Waals surface area (Å²) in [7, 11) is 2.23. The summed E-state index contributed by atoms with van der Waals surface area (Å²) >= 11 is 2.05. The molecule has 2 atom stereocenters. The van der Waals surface area contributed by atoms with Crippen LogP contribution in [0, 0.1) is 0 Å². The van der Waals surface area contributed by atoms with E-state index in [1.54, 1.807) is 6.20 Å². The number of aromatic nitrogens is 1. The Hall–Kier alpha value is -0.780. The predicted molar refractivity (Wildman–Crippen MR) is 88.2 cm³/mol. The number of nitrogens with one attached hydrogen (secondary N) is 1. The van der Waals surface area contributed by atoms with Crippen molar-refractivity contribution in [2.45, 2.75) is 31.8 Å². The Kier molecular flexibility index (Phi) is 6.13. The van der Waals surface area contributed by atoms with Gasteiger partial charge in [-0.05, 0) is 38.1 Å². The molecule has 0 saturated carbocycles. The second kappa shape index (κ2) is 7.86. The van der Waals surface area contributed by atoms with Crippen LogP contribution in [0.5, 0.6) is 0 Å². The highest BCUT2D eigenvalue weighted by Crippen LogP contribution is 2.21. The van der Waals surface area contributed by atoms with Gasteiger partial charge in [-0.2, -0.15) is 11.8 Å². The average molecular weight is 294 g/mol. The van der Waals surface area contributed by atoms with Gasteiger partial charge < -0.3 is 16.0 Å². The van der Waals surface area contributed by atoms with Crippen molar-refractivity contribution < 1.29 is 0 Å². The zero-order chi connectivity index (χ0) is 14.4. The quantitative estimate of drug-likeness (QED) is 0.835. The summed E-state index contributed by atoms with van der Waals surface area (Å²) in [6.45, 7) is 4.43. The van der Waals surface area contributed by atoms with Crippen LogP contribution in [-0.4, -0.2) is 53.6 Å². The van der Waals surface area contributed by atoms with Crippen LogP contribution in [0.1, 0.15) is 18.9 Å². The number of hydrogen-bond donors (Lipinski definition) is 2. The Balaban J connectivity index is 2.08. The summed E-state index contributed by atoms with van der Waals surface area (Å²) in [5, 5.41) is 3.71. The lowest BCUT2D eigenvalue weighted by atomic mass is 9.99. The predicted octanol–water partition coefficient (Wildman–Crippen LogP) is 1.62. The zero-order valence-corrected chi connectivity index (χ0v) is 13.3. The van der Waals surface area contributed by atoms with E-state index in [0.717, 1.165) is 24.9 Å². The Labute approximate surface area is 126 Å². The summed E-state index contributed by atoms with van der Waals surface area (Å²) < 4.78 is 0. The molecule has 0 spiro atoms. The van der Waals surface area contributed by atoms with E-state index in [4.69, 9.17) is 5.73 Å². The first-order valence-corrected chi connectivity index (χ1v) is 8.58. The third-order valence-corrected chi connectivity index (χ3v) is 4.98. The number of nitrogens with zero attached hydrogens (tertiary/aromatic N) is 2. The van der Waals surface area contributed by atoms with Gasteiger partial charge in [0, 0.05) is 36.3 Å². The van der Waals surface area contributed by atoms with Crippen LogP contribution in [0.2, 0.25) is 0 Å². The maximum atomic E-state index is 6.00. The standard InChI is InChI=1S/C15H26N4S/c1-3-6-17-13(14-11-20-9-8-19(14)2)10-12-5-4-7-18-15(12)16/h4-5,7,13-14,17H,3,6,8-11H2,1-2H3,(H2,16,18). The number of nitrogen functional groups attached to an aromatic ring is 1. The van der Waals surface area contributed by atoms with Crippen LogP contribution in [0.15, 0.2) is 18.3 Å². The molecule has 20 heavy (non-hydrogen) atoms. The third-order valence-electron chi connectivity index (χ3n) is 3.93. The molecule has 5 heteroatoms. The molecular weight excluding hydrogens is 268 g/mol. The minimum atomic E-state index is 0.444. The van der Waals surface area contributed by atoms with Crippen molar-refractivity contribution in [1.82, 2.24) is 15.2 Å². The molecule has 112 valence electrons. The van der Waals surface area contributed by atoms with Crippen molar-refractivity contribution in [3.8, 4) is 0 Å². The molecule has 1 aromatic heterocycles. The second-order valence-electron chi connectivity index (χ2n) is 5.44. The van der Waals surface area contributed by atoms with Gasteiger partial charge in [0.1, 0.15) is 5.82 Å². The molecule has 0 bridgehead atoms. The molecule has 0 radical (unpaired) electrons. The fourth-order valence-corrected chi connectivity index (χ4v) is 3.98. The number of anilines is 1. The molecule has 0 amide bonds. The molecule has 0 aromatic carbocycles. The lowest BCUT2D eigenvalue weighted by molar-refractivity contribution is 0.213. The minimum absolute atomic E-state index is 0.444. The molecule has 3 N–H and O–H groups in total. The third kappa shape index (κ3) is 4.11. The first-order chi connectivity index (χ1) is 9.72. The van der Waals surface area contributed by atoms with Crippen molar-refractivity contribution >= 4 is 17.6 Å². The van der Waals surface area contributed by atoms with E-state index in [0.29, 0.717) is 17.9 Å². The molecule has 1 aliphatic heterocycles. The van der Waals surface area contributed by atoms with Gasteiger partial charge in [0.25, 0.3) is 0 Å². The van der Waals surface area contributed by atoms with Gasteiger partial charge in [-0.1, -0.05) is 13.0 Å². The molecule has 2 heterocycles. The van der Waals surface area contributed by atoms with Gasteiger partial charge in [-0.25, -0.2) is 4.98 Å². The van der Waals surface area contributed by atoms with Gasteiger partial charge in [0.2, 0.25) is 0 Å². The summed E-state index contributed by atoms with van der Waals surface area (Å²) in [5.74, 6) is 3.10. The van der Waals surface area contributed by atoms with E-state index >= 15 is 0 Å². The Morgan fingerprint density at radius 1 is 1.60 bits per heavy atom. The lowest BCUT2D eigenvalue weighted by Crippen LogP contribution is -2.53. The number of hydrogen-bond acceptors (Lipinski definition) is 5. The Bertz CT molecular complexity index is 413. The lowest BCUT2D eigenvalue weighted by Gasteiger charge is -2.38. The topological polar surface area (TPSA) is 54.2 Å². The van der Waals surface area contributed by atoms with Crippen molar-refractivity contribution in [2.75, 3.05) is 37.4 Å². The summed E-state index contributed by atoms with van der Waals surface area (Å²) in [4.78, 5) is 6.69. The van der Waals surface area contributed by atoms with Crippen LogP contribution in [0.25, 0.3) is 0 Å². The van der Waals surface area contributed by atoms with Crippen molar-refractivity contribution in [2.24, 2.45) is 0 Å². The van der Waals surface area contributed by atoms with E-state index in [-0.39, 0.29) is 0 Å². The Morgan fingerprint density at radius 2 is 2.45 bits per heavy atom. The van der Waals surface area contributed by atoms with Gasteiger partial charge in [-0.15, -0.1) is 0 Å². The number of thioether (sulfide) groups is 1. The largest absolute Gasteiger partial charge is 0.383 e. The summed E-state index contributed by atoms with van der Waals surface area (Å²) in [6, 6.07) is 5.08. The molecule has 2 unspecified atom stereocenters. The molecule has 2 rings (SSSR count). The molecular formula is C15H26N4S. The second-order valence-corrected chi connectivity index (χ2v) is 6.59. The van der Waals surface area contributed by atoms with Crippen LogP contribution in [0.4, 0.5) is 5.82 Å². The Morgan fingerprint density at radius 3 is 3.15 bits per heavy atom. The van der Waals surface area contributed by atoms with E-state index < -0.39 is 0 Å².